The van der Waals surface area contributed by atoms with E-state index in [-0.39, 0.29) is 19.9 Å². The molecule has 0 atom stereocenters. The van der Waals surface area contributed by atoms with Crippen LogP contribution < -0.4 is 4.74 Å². The fourth-order valence-electron chi connectivity index (χ4n) is 1.72. The third-order valence-corrected chi connectivity index (χ3v) is 2.86. The number of carbonyl (C=O) groups excluding carboxylic acids is 1. The van der Waals surface area contributed by atoms with E-state index in [1.54, 1.807) is 42.5 Å². The van der Waals surface area contributed by atoms with Crippen molar-refractivity contribution in [2.45, 2.75) is 21.3 Å². The van der Waals surface area contributed by atoms with Crippen molar-refractivity contribution >= 4 is 11.9 Å². The summed E-state index contributed by atoms with van der Waals surface area (Å²) in [6.07, 6.45) is 3.25. The molecular formula is C20H24F2O2. The summed E-state index contributed by atoms with van der Waals surface area (Å²) < 4.78 is 27.0. The predicted octanol–water partition coefficient (Wildman–Crippen LogP) is 5.81. The number of aryl methyl sites for hydroxylation is 1. The van der Waals surface area contributed by atoms with Crippen molar-refractivity contribution in [2.75, 3.05) is 13.5 Å². The number of carbonyl (C=O) groups is 1. The smallest absolute Gasteiger partial charge is 0.228 e. The second-order valence-electron chi connectivity index (χ2n) is 4.65. The zero-order chi connectivity index (χ0) is 17.1. The minimum atomic E-state index is -0.846. The maximum atomic E-state index is 12.0. The van der Waals surface area contributed by atoms with Gasteiger partial charge in [-0.2, -0.15) is 0 Å². The van der Waals surface area contributed by atoms with E-state index in [1.807, 2.05) is 19.1 Å². The van der Waals surface area contributed by atoms with Gasteiger partial charge in [0, 0.05) is 5.56 Å². The summed E-state index contributed by atoms with van der Waals surface area (Å²) >= 11 is 0. The molecule has 0 unspecified atom stereocenters. The molecule has 0 saturated carbocycles. The molecule has 130 valence electrons. The van der Waals surface area contributed by atoms with Crippen LogP contribution in [0.15, 0.2) is 54.6 Å². The van der Waals surface area contributed by atoms with Crippen molar-refractivity contribution in [2.24, 2.45) is 0 Å². The topological polar surface area (TPSA) is 26.3 Å². The normalized spacial score (nSPS) is 9.67. The molecule has 0 bridgehead atoms. The Hall–Kier alpha value is -2.49. The highest BCUT2D eigenvalue weighted by Crippen LogP contribution is 2.14. The van der Waals surface area contributed by atoms with Crippen LogP contribution in [-0.4, -0.2) is 19.3 Å². The Balaban J connectivity index is 0.00000123. The number of alkyl halides is 2. The highest BCUT2D eigenvalue weighted by atomic mass is 19.1. The number of ketones is 1. The zero-order valence-electron chi connectivity index (χ0n) is 13.3. The highest BCUT2D eigenvalue weighted by Gasteiger charge is 2.00. The largest absolute Gasteiger partial charge is 0.463 e. The van der Waals surface area contributed by atoms with Gasteiger partial charge in [0.2, 0.25) is 6.86 Å². The number of rotatable bonds is 5. The Morgan fingerprint density at radius 3 is 2.08 bits per heavy atom. The minimum Gasteiger partial charge on any atom is -0.463 e. The average molecular weight is 334 g/mol. The van der Waals surface area contributed by atoms with Crippen molar-refractivity contribution in [1.82, 2.24) is 0 Å². The Morgan fingerprint density at radius 2 is 1.58 bits per heavy atom. The van der Waals surface area contributed by atoms with E-state index in [0.29, 0.717) is 11.3 Å². The first-order chi connectivity index (χ1) is 11.1. The summed E-state index contributed by atoms with van der Waals surface area (Å²) in [5.41, 5.74) is 2.63. The van der Waals surface area contributed by atoms with Gasteiger partial charge in [0.1, 0.15) is 5.75 Å². The van der Waals surface area contributed by atoms with Crippen LogP contribution in [0.1, 0.15) is 35.8 Å². The third kappa shape index (κ3) is 7.68. The second-order valence-corrected chi connectivity index (χ2v) is 4.65. The summed E-state index contributed by atoms with van der Waals surface area (Å²) in [6.45, 7) is 2.34. The minimum absolute atomic E-state index is 0. The Bertz CT molecular complexity index is 617. The molecule has 2 aromatic rings. The number of hydrogen-bond acceptors (Lipinski definition) is 2. The molecule has 0 radical (unpaired) electrons. The lowest BCUT2D eigenvalue weighted by molar-refractivity contribution is 0.104. The molecule has 0 aromatic heterocycles. The highest BCUT2D eigenvalue weighted by molar-refractivity contribution is 6.06. The summed E-state index contributed by atoms with van der Waals surface area (Å²) in [7, 11) is 0. The van der Waals surface area contributed by atoms with Gasteiger partial charge in [-0.1, -0.05) is 55.5 Å². The van der Waals surface area contributed by atoms with Gasteiger partial charge in [0.05, 0.1) is 6.67 Å². The molecule has 0 aliphatic rings. The lowest BCUT2D eigenvalue weighted by Crippen LogP contribution is -1.93. The maximum absolute atomic E-state index is 12.0. The van der Waals surface area contributed by atoms with E-state index in [9.17, 15) is 13.6 Å². The molecule has 0 aliphatic heterocycles. The van der Waals surface area contributed by atoms with Gasteiger partial charge >= 0.3 is 0 Å². The quantitative estimate of drug-likeness (QED) is 0.509. The van der Waals surface area contributed by atoms with Crippen molar-refractivity contribution in [3.8, 4) is 5.75 Å². The van der Waals surface area contributed by atoms with Crippen LogP contribution in [0, 0.1) is 6.92 Å². The lowest BCUT2D eigenvalue weighted by atomic mass is 10.1. The first kappa shape index (κ1) is 21.5. The van der Waals surface area contributed by atoms with Crippen LogP contribution in [0.3, 0.4) is 0 Å². The summed E-state index contributed by atoms with van der Waals surface area (Å²) in [5, 5.41) is 0. The summed E-state index contributed by atoms with van der Waals surface area (Å²) in [5.74, 6) is 0.420. The van der Waals surface area contributed by atoms with Crippen LogP contribution in [0.4, 0.5) is 8.78 Å². The Kier molecular flexibility index (Phi) is 10.8. The fraction of sp³-hybridized carbons (Fsp3) is 0.250. The van der Waals surface area contributed by atoms with E-state index in [4.69, 9.17) is 4.74 Å². The van der Waals surface area contributed by atoms with Gasteiger partial charge in [-0.25, -0.2) is 4.39 Å². The van der Waals surface area contributed by atoms with Crippen LogP contribution in [-0.2, 0) is 0 Å². The van der Waals surface area contributed by atoms with Crippen molar-refractivity contribution in [1.29, 1.82) is 0 Å². The van der Waals surface area contributed by atoms with E-state index in [0.717, 1.165) is 11.1 Å². The molecule has 24 heavy (non-hydrogen) atoms. The van der Waals surface area contributed by atoms with Crippen LogP contribution in [0.5, 0.6) is 5.75 Å². The first-order valence-electron chi connectivity index (χ1n) is 7.24. The molecule has 4 heteroatoms. The second kappa shape index (κ2) is 12.0. The molecule has 0 spiro atoms. The van der Waals surface area contributed by atoms with Gasteiger partial charge in [0.25, 0.3) is 0 Å². The van der Waals surface area contributed by atoms with Gasteiger partial charge in [0.15, 0.2) is 5.78 Å². The molecule has 0 amide bonds. The number of benzene rings is 2. The lowest BCUT2D eigenvalue weighted by Gasteiger charge is -2.00. The molecule has 2 aromatic carbocycles. The third-order valence-electron chi connectivity index (χ3n) is 2.86. The predicted molar refractivity (Wildman–Crippen MR) is 96.0 cm³/mol. The summed E-state index contributed by atoms with van der Waals surface area (Å²) in [6, 6.07) is 14.3. The van der Waals surface area contributed by atoms with E-state index < -0.39 is 6.86 Å². The fourth-order valence-corrected chi connectivity index (χ4v) is 1.72. The SMILES string of the molecule is C.CCF.Cc1ccc(C(=O)C=Cc2ccc(OCF)cc2)cc1. The van der Waals surface area contributed by atoms with E-state index >= 15 is 0 Å². The number of hydrogen-bond donors (Lipinski definition) is 0. The molecule has 0 saturated heterocycles. The molecular weight excluding hydrogens is 310 g/mol. The zero-order valence-corrected chi connectivity index (χ0v) is 13.3. The van der Waals surface area contributed by atoms with E-state index in [1.165, 1.54) is 13.0 Å². The van der Waals surface area contributed by atoms with Gasteiger partial charge in [-0.05, 0) is 37.6 Å². The molecule has 0 heterocycles. The van der Waals surface area contributed by atoms with Crippen molar-refractivity contribution in [3.63, 3.8) is 0 Å². The van der Waals surface area contributed by atoms with Crippen LogP contribution >= 0.6 is 0 Å². The maximum Gasteiger partial charge on any atom is 0.228 e. The monoisotopic (exact) mass is 334 g/mol. The molecule has 0 aliphatic carbocycles. The van der Waals surface area contributed by atoms with E-state index in [2.05, 4.69) is 0 Å². The first-order valence-corrected chi connectivity index (χ1v) is 7.24. The molecule has 2 rings (SSSR count). The number of halogens is 2. The van der Waals surface area contributed by atoms with Gasteiger partial charge in [-0.15, -0.1) is 0 Å². The van der Waals surface area contributed by atoms with Crippen molar-refractivity contribution in [3.05, 3.63) is 71.3 Å². The van der Waals surface area contributed by atoms with Gasteiger partial charge in [-0.3, -0.25) is 9.18 Å². The number of allylic oxidation sites excluding steroid dienone is 1. The number of ether oxygens (including phenoxy) is 1. The molecule has 0 N–H and O–H groups in total. The Morgan fingerprint density at radius 1 is 1.04 bits per heavy atom. The Labute approximate surface area is 142 Å². The average Bonchev–Trinajstić information content (AvgIpc) is 2.56. The van der Waals surface area contributed by atoms with Crippen molar-refractivity contribution < 1.29 is 18.3 Å². The van der Waals surface area contributed by atoms with Crippen LogP contribution in [0.2, 0.25) is 0 Å². The van der Waals surface area contributed by atoms with Crippen LogP contribution in [0.25, 0.3) is 6.08 Å². The van der Waals surface area contributed by atoms with Gasteiger partial charge < -0.3 is 4.74 Å². The molecule has 0 fully saturated rings. The summed E-state index contributed by atoms with van der Waals surface area (Å²) in [4.78, 5) is 11.9. The molecule has 2 nitrogen and oxygen atoms in total. The standard InChI is InChI=1S/C17H15FO2.C2H5F.CH4/c1-13-2-7-15(8-3-13)17(19)11-6-14-4-9-16(10-5-14)20-12-18;1-2-3;/h2-11H,12H2,1H3;2H2,1H3;1H4.